The zero-order chi connectivity index (χ0) is 18.6. The number of rotatable bonds is 7. The highest BCUT2D eigenvalue weighted by molar-refractivity contribution is 7.89. The van der Waals surface area contributed by atoms with Crippen molar-refractivity contribution in [2.75, 3.05) is 25.1 Å². The van der Waals surface area contributed by atoms with Gasteiger partial charge in [0, 0.05) is 25.2 Å². The summed E-state index contributed by atoms with van der Waals surface area (Å²) in [5, 5.41) is 0. The number of carbonyl (C=O) groups excluding carboxylic acids is 1. The molecule has 1 aliphatic rings. The first-order chi connectivity index (χ1) is 12.5. The van der Waals surface area contributed by atoms with E-state index in [4.69, 9.17) is 4.74 Å². The predicted octanol–water partition coefficient (Wildman–Crippen LogP) is 2.34. The van der Waals surface area contributed by atoms with Gasteiger partial charge >= 0.3 is 0 Å². The number of hydrogen-bond acceptors (Lipinski definition) is 4. The number of nitrogens with zero attached hydrogens (tertiary/aromatic N) is 1. The first-order valence-electron chi connectivity index (χ1n) is 8.53. The molecule has 0 unspecified atom stereocenters. The smallest absolute Gasteiger partial charge is 0.240 e. The molecule has 1 saturated heterocycles. The fraction of sp³-hybridized carbons (Fsp3) is 0.316. The minimum Gasteiger partial charge on any atom is -0.496 e. The SMILES string of the molecule is COc1ccccc1CCNS(=O)(=O)c1ccc(N2CCCC2=O)cc1. The van der Waals surface area contributed by atoms with Crippen molar-refractivity contribution in [2.45, 2.75) is 24.2 Å². The number of benzene rings is 2. The van der Waals surface area contributed by atoms with Gasteiger partial charge in [0.1, 0.15) is 5.75 Å². The largest absolute Gasteiger partial charge is 0.496 e. The van der Waals surface area contributed by atoms with E-state index in [1.165, 1.54) is 12.1 Å². The van der Waals surface area contributed by atoms with E-state index < -0.39 is 10.0 Å². The molecule has 26 heavy (non-hydrogen) atoms. The lowest BCUT2D eigenvalue weighted by molar-refractivity contribution is -0.117. The Labute approximate surface area is 153 Å². The van der Waals surface area contributed by atoms with Gasteiger partial charge in [-0.1, -0.05) is 18.2 Å². The Bertz CT molecular complexity index is 879. The first-order valence-corrected chi connectivity index (χ1v) is 10.0. The second-order valence-corrected chi connectivity index (χ2v) is 7.87. The van der Waals surface area contributed by atoms with Gasteiger partial charge in [-0.05, 0) is 48.7 Å². The minimum atomic E-state index is -3.60. The van der Waals surface area contributed by atoms with Gasteiger partial charge in [0.2, 0.25) is 15.9 Å². The zero-order valence-electron chi connectivity index (χ0n) is 14.6. The third-order valence-corrected chi connectivity index (χ3v) is 5.89. The number of sulfonamides is 1. The van der Waals surface area contributed by atoms with Crippen molar-refractivity contribution in [3.63, 3.8) is 0 Å². The van der Waals surface area contributed by atoms with Crippen LogP contribution in [0.5, 0.6) is 5.75 Å². The number of hydrogen-bond donors (Lipinski definition) is 1. The molecule has 138 valence electrons. The van der Waals surface area contributed by atoms with E-state index in [1.54, 1.807) is 24.1 Å². The topological polar surface area (TPSA) is 75.7 Å². The Kier molecular flexibility index (Phi) is 5.58. The number of anilines is 1. The molecular formula is C19H22N2O4S. The standard InChI is InChI=1S/C19H22N2O4S/c1-25-18-6-3-2-5-15(18)12-13-20-26(23,24)17-10-8-16(9-11-17)21-14-4-7-19(21)22/h2-3,5-6,8-11,20H,4,7,12-14H2,1H3. The summed E-state index contributed by atoms with van der Waals surface area (Å²) in [6.45, 7) is 0.956. The molecular weight excluding hydrogens is 352 g/mol. The van der Waals surface area contributed by atoms with Gasteiger partial charge in [-0.25, -0.2) is 13.1 Å². The fourth-order valence-electron chi connectivity index (χ4n) is 3.04. The van der Waals surface area contributed by atoms with Crippen LogP contribution in [0.15, 0.2) is 53.4 Å². The van der Waals surface area contributed by atoms with Gasteiger partial charge in [0.15, 0.2) is 0 Å². The summed E-state index contributed by atoms with van der Waals surface area (Å²) in [6.07, 6.45) is 1.91. The number of carbonyl (C=O) groups is 1. The van der Waals surface area contributed by atoms with Crippen LogP contribution in [0.1, 0.15) is 18.4 Å². The molecule has 1 aliphatic heterocycles. The Balaban J connectivity index is 1.63. The Hall–Kier alpha value is -2.38. The monoisotopic (exact) mass is 374 g/mol. The first kappa shape index (κ1) is 18.4. The summed E-state index contributed by atoms with van der Waals surface area (Å²) in [7, 11) is -2.01. The van der Waals surface area contributed by atoms with Crippen molar-refractivity contribution in [2.24, 2.45) is 0 Å². The van der Waals surface area contributed by atoms with Crippen LogP contribution in [-0.4, -0.2) is 34.5 Å². The van der Waals surface area contributed by atoms with Gasteiger partial charge < -0.3 is 9.64 Å². The van der Waals surface area contributed by atoms with Crippen LogP contribution in [0.25, 0.3) is 0 Å². The number of methoxy groups -OCH3 is 1. The average molecular weight is 374 g/mol. The Morgan fingerprint density at radius 2 is 1.85 bits per heavy atom. The molecule has 6 nitrogen and oxygen atoms in total. The zero-order valence-corrected chi connectivity index (χ0v) is 15.5. The Morgan fingerprint density at radius 3 is 2.50 bits per heavy atom. The molecule has 7 heteroatoms. The lowest BCUT2D eigenvalue weighted by Crippen LogP contribution is -2.26. The van der Waals surface area contributed by atoms with Gasteiger partial charge in [-0.3, -0.25) is 4.79 Å². The molecule has 0 saturated carbocycles. The maximum Gasteiger partial charge on any atom is 0.240 e. The molecule has 3 rings (SSSR count). The van der Waals surface area contributed by atoms with Crippen LogP contribution in [0.4, 0.5) is 5.69 Å². The molecule has 0 radical (unpaired) electrons. The van der Waals surface area contributed by atoms with Crippen molar-refractivity contribution in [1.82, 2.24) is 4.72 Å². The summed E-state index contributed by atoms with van der Waals surface area (Å²) >= 11 is 0. The summed E-state index contributed by atoms with van der Waals surface area (Å²) in [4.78, 5) is 13.6. The van der Waals surface area contributed by atoms with E-state index in [0.717, 1.165) is 23.4 Å². The second-order valence-electron chi connectivity index (χ2n) is 6.10. The molecule has 1 heterocycles. The Morgan fingerprint density at radius 1 is 1.12 bits per heavy atom. The minimum absolute atomic E-state index is 0.0792. The highest BCUT2D eigenvalue weighted by Crippen LogP contribution is 2.23. The second kappa shape index (κ2) is 7.88. The van der Waals surface area contributed by atoms with Crippen LogP contribution in [0.2, 0.25) is 0 Å². The number of amides is 1. The van der Waals surface area contributed by atoms with E-state index >= 15 is 0 Å². The average Bonchev–Trinajstić information content (AvgIpc) is 3.08. The molecule has 1 amide bonds. The van der Waals surface area contributed by atoms with Crippen LogP contribution in [0, 0.1) is 0 Å². The van der Waals surface area contributed by atoms with E-state index in [2.05, 4.69) is 4.72 Å². The summed E-state index contributed by atoms with van der Waals surface area (Å²) in [6, 6.07) is 14.0. The molecule has 0 spiro atoms. The summed E-state index contributed by atoms with van der Waals surface area (Å²) in [5.41, 5.74) is 1.68. The van der Waals surface area contributed by atoms with E-state index in [9.17, 15) is 13.2 Å². The summed E-state index contributed by atoms with van der Waals surface area (Å²) < 4.78 is 32.8. The van der Waals surface area contributed by atoms with Gasteiger partial charge in [-0.2, -0.15) is 0 Å². The lowest BCUT2D eigenvalue weighted by Gasteiger charge is -2.16. The predicted molar refractivity (Wildman–Crippen MR) is 99.9 cm³/mol. The molecule has 2 aromatic rings. The van der Waals surface area contributed by atoms with E-state index in [-0.39, 0.29) is 17.3 Å². The van der Waals surface area contributed by atoms with Crippen molar-refractivity contribution >= 4 is 21.6 Å². The van der Waals surface area contributed by atoms with Crippen molar-refractivity contribution < 1.29 is 17.9 Å². The highest BCUT2D eigenvalue weighted by atomic mass is 32.2. The quantitative estimate of drug-likeness (QED) is 0.807. The van der Waals surface area contributed by atoms with Gasteiger partial charge in [0.05, 0.1) is 12.0 Å². The van der Waals surface area contributed by atoms with Gasteiger partial charge in [0.25, 0.3) is 0 Å². The van der Waals surface area contributed by atoms with Crippen LogP contribution in [-0.2, 0) is 21.2 Å². The maximum absolute atomic E-state index is 12.5. The molecule has 1 fully saturated rings. The lowest BCUT2D eigenvalue weighted by atomic mass is 10.1. The van der Waals surface area contributed by atoms with Crippen molar-refractivity contribution in [1.29, 1.82) is 0 Å². The molecule has 0 aliphatic carbocycles. The summed E-state index contributed by atoms with van der Waals surface area (Å²) in [5.74, 6) is 0.821. The number of ether oxygens (including phenoxy) is 1. The fourth-order valence-corrected chi connectivity index (χ4v) is 4.07. The van der Waals surface area contributed by atoms with E-state index in [1.807, 2.05) is 24.3 Å². The van der Waals surface area contributed by atoms with Gasteiger partial charge in [-0.15, -0.1) is 0 Å². The van der Waals surface area contributed by atoms with Crippen molar-refractivity contribution in [3.05, 3.63) is 54.1 Å². The molecule has 0 aromatic heterocycles. The molecule has 1 N–H and O–H groups in total. The molecule has 2 aromatic carbocycles. The number of nitrogens with one attached hydrogen (secondary N) is 1. The highest BCUT2D eigenvalue weighted by Gasteiger charge is 2.22. The molecule has 0 bridgehead atoms. The third kappa shape index (κ3) is 4.05. The third-order valence-electron chi connectivity index (χ3n) is 4.41. The van der Waals surface area contributed by atoms with Crippen LogP contribution < -0.4 is 14.4 Å². The molecule has 0 atom stereocenters. The van der Waals surface area contributed by atoms with Crippen LogP contribution in [0.3, 0.4) is 0 Å². The normalized spacial score (nSPS) is 14.7. The maximum atomic E-state index is 12.5. The van der Waals surface area contributed by atoms with Crippen molar-refractivity contribution in [3.8, 4) is 5.75 Å². The van der Waals surface area contributed by atoms with Crippen LogP contribution >= 0.6 is 0 Å². The number of para-hydroxylation sites is 1. The van der Waals surface area contributed by atoms with E-state index in [0.29, 0.717) is 19.4 Å².